The molecule has 1 aliphatic heterocycles. The van der Waals surface area contributed by atoms with Crippen molar-refractivity contribution in [2.75, 3.05) is 6.61 Å². The Balaban J connectivity index is 1.29. The number of hydrogen-bond acceptors (Lipinski definition) is 7. The van der Waals surface area contributed by atoms with Crippen LogP contribution in [0.2, 0.25) is 0 Å². The normalized spacial score (nSPS) is 20.2. The van der Waals surface area contributed by atoms with Gasteiger partial charge in [-0.3, -0.25) is 0 Å². The Morgan fingerprint density at radius 2 is 1.17 bits per heavy atom. The molecule has 1 fully saturated rings. The van der Waals surface area contributed by atoms with Crippen molar-refractivity contribution in [2.45, 2.75) is 54.5 Å². The van der Waals surface area contributed by atoms with E-state index >= 15 is 0 Å². The van der Waals surface area contributed by atoms with Gasteiger partial charge in [-0.2, -0.15) is 0 Å². The van der Waals surface area contributed by atoms with Crippen LogP contribution in [0.1, 0.15) is 22.7 Å². The topological polar surface area (TPSA) is 67.6 Å². The molecule has 266 valence electrons. The van der Waals surface area contributed by atoms with E-state index in [9.17, 15) is 13.2 Å². The van der Waals surface area contributed by atoms with Gasteiger partial charge in [-0.1, -0.05) is 126 Å². The summed E-state index contributed by atoms with van der Waals surface area (Å²) >= 11 is 1.50. The second kappa shape index (κ2) is 17.2. The lowest BCUT2D eigenvalue weighted by Crippen LogP contribution is -2.57. The summed E-state index contributed by atoms with van der Waals surface area (Å²) in [5.41, 5.74) is 2.52. The number of thioether (sulfide) groups is 1. The Morgan fingerprint density at radius 3 is 1.75 bits per heavy atom. The molecule has 5 unspecified atom stereocenters. The zero-order valence-electron chi connectivity index (χ0n) is 28.0. The first-order valence-electron chi connectivity index (χ1n) is 16.9. The van der Waals surface area contributed by atoms with Gasteiger partial charge in [0, 0.05) is 10.5 Å². The van der Waals surface area contributed by atoms with Crippen LogP contribution in [0.5, 0.6) is 0 Å². The van der Waals surface area contributed by atoms with Gasteiger partial charge in [0.15, 0.2) is 17.5 Å². The van der Waals surface area contributed by atoms with Gasteiger partial charge >= 0.3 is 0 Å². The monoisotopic (exact) mass is 723 g/mol. The summed E-state index contributed by atoms with van der Waals surface area (Å²) in [6.45, 7) is 1.04. The van der Waals surface area contributed by atoms with E-state index in [0.717, 1.165) is 33.7 Å². The van der Waals surface area contributed by atoms with Crippen molar-refractivity contribution < 1.29 is 32.1 Å². The lowest BCUT2D eigenvalue weighted by molar-refractivity contribution is -0.217. The maximum Gasteiger partial charge on any atom is 0.194 e. The van der Waals surface area contributed by atoms with Gasteiger partial charge in [-0.25, -0.2) is 17.9 Å². The minimum Gasteiger partial charge on any atom is -0.374 e. The van der Waals surface area contributed by atoms with Crippen molar-refractivity contribution in [3.8, 4) is 11.3 Å². The first-order chi connectivity index (χ1) is 25.5. The largest absolute Gasteiger partial charge is 0.374 e. The lowest BCUT2D eigenvalue weighted by Gasteiger charge is -2.46. The van der Waals surface area contributed by atoms with Crippen molar-refractivity contribution in [2.24, 2.45) is 0 Å². The van der Waals surface area contributed by atoms with Crippen LogP contribution in [0.4, 0.5) is 13.2 Å². The zero-order valence-corrected chi connectivity index (χ0v) is 28.8. The van der Waals surface area contributed by atoms with Crippen molar-refractivity contribution in [1.82, 2.24) is 15.0 Å². The van der Waals surface area contributed by atoms with Gasteiger partial charge in [0.2, 0.25) is 0 Å². The third-order valence-electron chi connectivity index (χ3n) is 8.67. The summed E-state index contributed by atoms with van der Waals surface area (Å²) in [6, 6.07) is 40.4. The predicted molar refractivity (Wildman–Crippen MR) is 191 cm³/mol. The molecule has 7 rings (SSSR count). The molecular formula is C41H36F3N3O4S. The summed E-state index contributed by atoms with van der Waals surface area (Å²) in [5, 5.41) is 8.76. The zero-order chi connectivity index (χ0) is 35.7. The SMILES string of the molecule is Fc1cc(-c2cn(C3C(OCc4ccccc4)C(COCc4ccccc4)OC(Sc4ccccc4)C3OCc3ccccc3)nn2)cc(F)c1F. The highest BCUT2D eigenvalue weighted by atomic mass is 32.2. The molecule has 0 saturated carbocycles. The van der Waals surface area contributed by atoms with Crippen LogP contribution in [0.3, 0.4) is 0 Å². The average Bonchev–Trinajstić information content (AvgIpc) is 3.67. The summed E-state index contributed by atoms with van der Waals surface area (Å²) in [5.74, 6) is -4.19. The van der Waals surface area contributed by atoms with E-state index in [2.05, 4.69) is 10.3 Å². The number of nitrogens with zero attached hydrogens (tertiary/aromatic N) is 3. The van der Waals surface area contributed by atoms with E-state index in [0.29, 0.717) is 6.61 Å². The Hall–Kier alpha value is -4.78. The summed E-state index contributed by atoms with van der Waals surface area (Å²) in [6.07, 6.45) is -0.400. The highest BCUT2D eigenvalue weighted by Gasteiger charge is 2.49. The molecule has 0 aliphatic carbocycles. The summed E-state index contributed by atoms with van der Waals surface area (Å²) < 4.78 is 70.9. The van der Waals surface area contributed by atoms with Crippen LogP contribution >= 0.6 is 11.8 Å². The van der Waals surface area contributed by atoms with E-state index in [-0.39, 0.29) is 31.1 Å². The van der Waals surface area contributed by atoms with E-state index < -0.39 is 47.2 Å². The highest BCUT2D eigenvalue weighted by molar-refractivity contribution is 7.99. The van der Waals surface area contributed by atoms with Gasteiger partial charge in [-0.15, -0.1) is 5.10 Å². The average molecular weight is 724 g/mol. The quantitative estimate of drug-likeness (QED) is 0.104. The number of ether oxygens (including phenoxy) is 4. The van der Waals surface area contributed by atoms with Gasteiger partial charge < -0.3 is 18.9 Å². The van der Waals surface area contributed by atoms with Crippen LogP contribution in [0.25, 0.3) is 11.3 Å². The molecule has 1 aliphatic rings. The Bertz CT molecular complexity index is 1990. The molecule has 0 amide bonds. The van der Waals surface area contributed by atoms with E-state index in [4.69, 9.17) is 18.9 Å². The van der Waals surface area contributed by atoms with E-state index in [1.165, 1.54) is 11.8 Å². The van der Waals surface area contributed by atoms with Gasteiger partial charge in [0.25, 0.3) is 0 Å². The second-order valence-corrected chi connectivity index (χ2v) is 13.5. The predicted octanol–water partition coefficient (Wildman–Crippen LogP) is 8.81. The molecule has 0 radical (unpaired) electrons. The summed E-state index contributed by atoms with van der Waals surface area (Å²) in [7, 11) is 0. The molecule has 0 N–H and O–H groups in total. The van der Waals surface area contributed by atoms with Crippen LogP contribution in [-0.4, -0.2) is 45.3 Å². The number of benzene rings is 5. The smallest absolute Gasteiger partial charge is 0.194 e. The minimum atomic E-state index is -1.55. The van der Waals surface area contributed by atoms with E-state index in [1.54, 1.807) is 10.9 Å². The molecular weight excluding hydrogens is 688 g/mol. The molecule has 6 aromatic rings. The van der Waals surface area contributed by atoms with E-state index in [1.807, 2.05) is 121 Å². The molecule has 1 aromatic heterocycles. The first kappa shape index (κ1) is 35.6. The first-order valence-corrected chi connectivity index (χ1v) is 17.8. The third kappa shape index (κ3) is 8.80. The fourth-order valence-electron chi connectivity index (χ4n) is 6.10. The number of rotatable bonds is 14. The molecule has 5 aromatic carbocycles. The van der Waals surface area contributed by atoms with Crippen molar-refractivity contribution in [3.05, 3.63) is 174 Å². The van der Waals surface area contributed by atoms with Gasteiger partial charge in [0.05, 0.1) is 32.6 Å². The fraction of sp³-hybridized carbons (Fsp3) is 0.220. The van der Waals surface area contributed by atoms with Crippen LogP contribution < -0.4 is 0 Å². The standard InChI is InChI=1S/C41H36F3N3O4S/c42-33-21-31(22-34(43)37(33)44)35-23-47(46-45-35)38-39(49-25-29-15-7-2-8-16-29)36(27-48-24-28-13-5-1-6-14-28)51-41(52-32-19-11-4-12-20-32)40(38)50-26-30-17-9-3-10-18-30/h1-23,36,38-41H,24-27H2. The highest BCUT2D eigenvalue weighted by Crippen LogP contribution is 2.42. The maximum atomic E-state index is 14.3. The fourth-order valence-corrected chi connectivity index (χ4v) is 7.25. The van der Waals surface area contributed by atoms with Crippen molar-refractivity contribution >= 4 is 11.8 Å². The third-order valence-corrected chi connectivity index (χ3v) is 9.83. The van der Waals surface area contributed by atoms with Crippen LogP contribution in [-0.2, 0) is 38.8 Å². The molecule has 0 bridgehead atoms. The molecule has 52 heavy (non-hydrogen) atoms. The maximum absolute atomic E-state index is 14.3. The Labute approximate surface area is 304 Å². The molecule has 7 nitrogen and oxygen atoms in total. The Morgan fingerprint density at radius 1 is 0.654 bits per heavy atom. The van der Waals surface area contributed by atoms with Gasteiger partial charge in [0.1, 0.15) is 35.5 Å². The van der Waals surface area contributed by atoms with Crippen molar-refractivity contribution in [3.63, 3.8) is 0 Å². The molecule has 0 spiro atoms. The summed E-state index contributed by atoms with van der Waals surface area (Å²) in [4.78, 5) is 0.962. The number of hydrogen-bond donors (Lipinski definition) is 0. The van der Waals surface area contributed by atoms with Gasteiger partial charge in [-0.05, 0) is 41.0 Å². The number of halogens is 3. The van der Waals surface area contributed by atoms with Crippen molar-refractivity contribution in [1.29, 1.82) is 0 Å². The van der Waals surface area contributed by atoms with Crippen LogP contribution in [0.15, 0.2) is 145 Å². The number of aromatic nitrogens is 3. The molecule has 1 saturated heterocycles. The second-order valence-electron chi connectivity index (χ2n) is 12.3. The lowest BCUT2D eigenvalue weighted by atomic mass is 9.96. The van der Waals surface area contributed by atoms with Crippen LogP contribution in [0, 0.1) is 17.5 Å². The Kier molecular flexibility index (Phi) is 11.8. The molecule has 5 atom stereocenters. The minimum absolute atomic E-state index is 0.0381. The molecule has 2 heterocycles. The molecule has 11 heteroatoms.